The molecule has 0 aliphatic heterocycles. The Bertz CT molecular complexity index is 896. The minimum absolute atomic E-state index is 0.144. The van der Waals surface area contributed by atoms with E-state index >= 15 is 0 Å². The number of rotatable bonds is 3. The lowest BCUT2D eigenvalue weighted by Gasteiger charge is -2.08. The average molecular weight is 335 g/mol. The summed E-state index contributed by atoms with van der Waals surface area (Å²) >= 11 is 0. The summed E-state index contributed by atoms with van der Waals surface area (Å²) in [4.78, 5) is 28.0. The Morgan fingerprint density at radius 2 is 1.52 bits per heavy atom. The van der Waals surface area contributed by atoms with E-state index in [0.717, 1.165) is 11.1 Å². The fourth-order valence-corrected chi connectivity index (χ4v) is 2.25. The first-order chi connectivity index (χ1) is 12.1. The molecule has 0 aliphatic carbocycles. The van der Waals surface area contributed by atoms with Gasteiger partial charge in [0.05, 0.1) is 5.56 Å². The van der Waals surface area contributed by atoms with E-state index in [1.54, 1.807) is 36.7 Å². The monoisotopic (exact) mass is 335 g/mol. The molecule has 0 saturated heterocycles. The van der Waals surface area contributed by atoms with Crippen molar-refractivity contribution < 1.29 is 14.0 Å². The van der Waals surface area contributed by atoms with Crippen LogP contribution in [-0.2, 0) is 0 Å². The summed E-state index contributed by atoms with van der Waals surface area (Å²) in [7, 11) is 0. The van der Waals surface area contributed by atoms with Crippen molar-refractivity contribution in [2.45, 2.75) is 0 Å². The fraction of sp³-hybridized carbons (Fsp3) is 0. The van der Waals surface area contributed by atoms with Gasteiger partial charge in [-0.1, -0.05) is 30.3 Å². The molecule has 0 bridgehead atoms. The molecule has 0 saturated carbocycles. The van der Waals surface area contributed by atoms with Gasteiger partial charge >= 0.3 is 0 Å². The van der Waals surface area contributed by atoms with Crippen LogP contribution in [0.2, 0.25) is 0 Å². The van der Waals surface area contributed by atoms with Crippen molar-refractivity contribution in [3.63, 3.8) is 0 Å². The number of pyridine rings is 1. The lowest BCUT2D eigenvalue weighted by Crippen LogP contribution is -2.41. The zero-order valence-corrected chi connectivity index (χ0v) is 13.1. The predicted octanol–water partition coefficient (Wildman–Crippen LogP) is 2.96. The highest BCUT2D eigenvalue weighted by molar-refractivity contribution is 5.99. The molecule has 5 nitrogen and oxygen atoms in total. The van der Waals surface area contributed by atoms with Gasteiger partial charge in [-0.25, -0.2) is 4.39 Å². The molecule has 3 rings (SSSR count). The van der Waals surface area contributed by atoms with Crippen molar-refractivity contribution in [1.82, 2.24) is 15.8 Å². The van der Waals surface area contributed by atoms with Crippen molar-refractivity contribution in [1.29, 1.82) is 0 Å². The Labute approximate surface area is 143 Å². The summed E-state index contributed by atoms with van der Waals surface area (Å²) in [5.41, 5.74) is 6.53. The maximum Gasteiger partial charge on any atom is 0.272 e. The second-order valence-corrected chi connectivity index (χ2v) is 5.21. The third-order valence-electron chi connectivity index (χ3n) is 3.55. The number of hydrogen-bond acceptors (Lipinski definition) is 3. The van der Waals surface area contributed by atoms with E-state index in [2.05, 4.69) is 15.8 Å². The SMILES string of the molecule is O=C(NNC(=O)c1ccccc1F)c1ccc(-c2cccnc2)cc1. The first kappa shape index (κ1) is 16.3. The standard InChI is InChI=1S/C19H14FN3O2/c20-17-6-2-1-5-16(17)19(25)23-22-18(24)14-9-7-13(8-10-14)15-4-3-11-21-12-15/h1-12H,(H,22,24)(H,23,25). The number of carbonyl (C=O) groups is 2. The van der Waals surface area contributed by atoms with Crippen molar-refractivity contribution in [2.75, 3.05) is 0 Å². The molecule has 1 heterocycles. The number of hydrogen-bond donors (Lipinski definition) is 2. The Hall–Kier alpha value is -3.54. The minimum Gasteiger partial charge on any atom is -0.267 e. The Morgan fingerprint density at radius 3 is 2.20 bits per heavy atom. The van der Waals surface area contributed by atoms with E-state index in [1.807, 2.05) is 12.1 Å². The number of aromatic nitrogens is 1. The van der Waals surface area contributed by atoms with Crippen molar-refractivity contribution in [3.05, 3.63) is 90.0 Å². The molecule has 0 spiro atoms. The number of nitrogens with zero attached hydrogens (tertiary/aromatic N) is 1. The van der Waals surface area contributed by atoms with Gasteiger partial charge in [-0.15, -0.1) is 0 Å². The fourth-order valence-electron chi connectivity index (χ4n) is 2.25. The quantitative estimate of drug-likeness (QED) is 0.723. The van der Waals surface area contributed by atoms with Crippen LogP contribution in [-0.4, -0.2) is 16.8 Å². The lowest BCUT2D eigenvalue weighted by atomic mass is 10.1. The van der Waals surface area contributed by atoms with Gasteiger partial charge < -0.3 is 0 Å². The molecule has 2 amide bonds. The largest absolute Gasteiger partial charge is 0.272 e. The van der Waals surface area contributed by atoms with Gasteiger partial charge in [0.15, 0.2) is 0 Å². The number of halogens is 1. The van der Waals surface area contributed by atoms with Gasteiger partial charge in [0.25, 0.3) is 11.8 Å². The number of carbonyl (C=O) groups excluding carboxylic acids is 2. The predicted molar refractivity (Wildman–Crippen MR) is 91.0 cm³/mol. The highest BCUT2D eigenvalue weighted by Crippen LogP contribution is 2.18. The van der Waals surface area contributed by atoms with E-state index in [-0.39, 0.29) is 5.56 Å². The third kappa shape index (κ3) is 3.87. The molecule has 6 heteroatoms. The third-order valence-corrected chi connectivity index (χ3v) is 3.55. The minimum atomic E-state index is -0.724. The van der Waals surface area contributed by atoms with Gasteiger partial charge in [0.2, 0.25) is 0 Å². The van der Waals surface area contributed by atoms with E-state index in [1.165, 1.54) is 24.3 Å². The zero-order chi connectivity index (χ0) is 17.6. The van der Waals surface area contributed by atoms with Crippen LogP contribution in [0.3, 0.4) is 0 Å². The molecule has 2 aromatic carbocycles. The Morgan fingerprint density at radius 1 is 0.800 bits per heavy atom. The summed E-state index contributed by atoms with van der Waals surface area (Å²) in [5.74, 6) is -1.88. The molecule has 25 heavy (non-hydrogen) atoms. The number of amides is 2. The van der Waals surface area contributed by atoms with Gasteiger partial charge in [-0.05, 0) is 41.5 Å². The normalized spacial score (nSPS) is 10.1. The average Bonchev–Trinajstić information content (AvgIpc) is 2.67. The topological polar surface area (TPSA) is 71.1 Å². The summed E-state index contributed by atoms with van der Waals surface area (Å²) in [6, 6.07) is 16.1. The van der Waals surface area contributed by atoms with Crippen LogP contribution < -0.4 is 10.9 Å². The molecular formula is C19H14FN3O2. The Balaban J connectivity index is 1.64. The molecule has 124 valence electrons. The van der Waals surface area contributed by atoms with Gasteiger partial charge in [0, 0.05) is 18.0 Å². The van der Waals surface area contributed by atoms with Gasteiger partial charge in [-0.3, -0.25) is 25.4 Å². The van der Waals surface area contributed by atoms with E-state index in [4.69, 9.17) is 0 Å². The van der Waals surface area contributed by atoms with Crippen LogP contribution in [0.15, 0.2) is 73.1 Å². The Kier molecular flexibility index (Phi) is 4.80. The smallest absolute Gasteiger partial charge is 0.267 e. The van der Waals surface area contributed by atoms with Crippen LogP contribution in [0.1, 0.15) is 20.7 Å². The van der Waals surface area contributed by atoms with Crippen LogP contribution in [0, 0.1) is 5.82 Å². The number of nitrogens with one attached hydrogen (secondary N) is 2. The summed E-state index contributed by atoms with van der Waals surface area (Å²) in [6.07, 6.45) is 3.41. The van der Waals surface area contributed by atoms with Crippen LogP contribution in [0.5, 0.6) is 0 Å². The van der Waals surface area contributed by atoms with Gasteiger partial charge in [0.1, 0.15) is 5.82 Å². The van der Waals surface area contributed by atoms with E-state index < -0.39 is 17.6 Å². The molecule has 0 unspecified atom stereocenters. The lowest BCUT2D eigenvalue weighted by molar-refractivity contribution is 0.0844. The molecule has 0 aliphatic rings. The van der Waals surface area contributed by atoms with Crippen molar-refractivity contribution >= 4 is 11.8 Å². The van der Waals surface area contributed by atoms with Crippen molar-refractivity contribution in [2.24, 2.45) is 0 Å². The molecule has 0 fully saturated rings. The molecule has 3 aromatic rings. The molecular weight excluding hydrogens is 321 g/mol. The molecule has 0 radical (unpaired) electrons. The maximum atomic E-state index is 13.5. The first-order valence-electron chi connectivity index (χ1n) is 7.51. The van der Waals surface area contributed by atoms with Crippen LogP contribution in [0.25, 0.3) is 11.1 Å². The molecule has 1 aromatic heterocycles. The summed E-state index contributed by atoms with van der Waals surface area (Å²) in [5, 5.41) is 0. The number of hydrazine groups is 1. The number of benzene rings is 2. The highest BCUT2D eigenvalue weighted by atomic mass is 19.1. The first-order valence-corrected chi connectivity index (χ1v) is 7.51. The van der Waals surface area contributed by atoms with E-state index in [9.17, 15) is 14.0 Å². The molecule has 2 N–H and O–H groups in total. The summed E-state index contributed by atoms with van der Waals surface area (Å²) < 4.78 is 13.5. The van der Waals surface area contributed by atoms with Crippen LogP contribution in [0.4, 0.5) is 4.39 Å². The maximum absolute atomic E-state index is 13.5. The molecule has 0 atom stereocenters. The zero-order valence-electron chi connectivity index (χ0n) is 13.1. The second kappa shape index (κ2) is 7.35. The van der Waals surface area contributed by atoms with E-state index in [0.29, 0.717) is 5.56 Å². The second-order valence-electron chi connectivity index (χ2n) is 5.21. The van der Waals surface area contributed by atoms with Gasteiger partial charge in [-0.2, -0.15) is 0 Å². The summed E-state index contributed by atoms with van der Waals surface area (Å²) in [6.45, 7) is 0. The highest BCUT2D eigenvalue weighted by Gasteiger charge is 2.12. The van der Waals surface area contributed by atoms with Crippen molar-refractivity contribution in [3.8, 4) is 11.1 Å². The van der Waals surface area contributed by atoms with Crippen LogP contribution >= 0.6 is 0 Å².